The molecule has 6 atom stereocenters. The molecular formula is C46H55N3O8. The molecule has 302 valence electrons. The minimum absolute atomic E-state index is 0.0416. The topological polar surface area (TPSA) is 136 Å². The number of rotatable bonds is 13. The monoisotopic (exact) mass is 777 g/mol. The molecule has 2 aliphatic heterocycles. The summed E-state index contributed by atoms with van der Waals surface area (Å²) in [5.74, 6) is -0.765. The number of carbonyl (C=O) groups excluding carboxylic acids is 3. The Morgan fingerprint density at radius 2 is 1.56 bits per heavy atom. The predicted molar refractivity (Wildman–Crippen MR) is 217 cm³/mol. The van der Waals surface area contributed by atoms with Gasteiger partial charge in [-0.15, -0.1) is 0 Å². The van der Waals surface area contributed by atoms with Crippen LogP contribution < -0.4 is 10.6 Å². The van der Waals surface area contributed by atoms with Crippen molar-refractivity contribution in [2.45, 2.75) is 96.3 Å². The van der Waals surface area contributed by atoms with Crippen molar-refractivity contribution in [1.82, 2.24) is 15.5 Å². The van der Waals surface area contributed by atoms with Gasteiger partial charge in [0.15, 0.2) is 6.29 Å². The molecule has 0 aliphatic carbocycles. The van der Waals surface area contributed by atoms with Crippen molar-refractivity contribution in [2.24, 2.45) is 5.92 Å². The number of aliphatic hydroxyl groups is 1. The lowest BCUT2D eigenvalue weighted by molar-refractivity contribution is -0.276. The number of methoxy groups -OCH3 is 1. The average molecular weight is 778 g/mol. The van der Waals surface area contributed by atoms with Crippen LogP contribution in [0.2, 0.25) is 0 Å². The van der Waals surface area contributed by atoms with Crippen LogP contribution in [0, 0.1) is 5.92 Å². The van der Waals surface area contributed by atoms with Gasteiger partial charge in [0.2, 0.25) is 0 Å². The molecule has 6 rings (SSSR count). The third-order valence-electron chi connectivity index (χ3n) is 10.6. The molecule has 3 N–H and O–H groups in total. The lowest BCUT2D eigenvalue weighted by Crippen LogP contribution is -2.48. The van der Waals surface area contributed by atoms with E-state index < -0.39 is 29.9 Å². The molecule has 11 heteroatoms. The highest BCUT2D eigenvalue weighted by molar-refractivity contribution is 5.84. The summed E-state index contributed by atoms with van der Waals surface area (Å²) in [6, 6.07) is 31.5. The second-order valence-electron chi connectivity index (χ2n) is 15.9. The fourth-order valence-corrected chi connectivity index (χ4v) is 7.59. The van der Waals surface area contributed by atoms with Gasteiger partial charge >= 0.3 is 18.0 Å². The van der Waals surface area contributed by atoms with E-state index in [0.29, 0.717) is 13.0 Å². The number of urea groups is 1. The molecule has 0 saturated carbocycles. The van der Waals surface area contributed by atoms with Crippen LogP contribution in [0.25, 0.3) is 11.1 Å². The average Bonchev–Trinajstić information content (AvgIpc) is 3.69. The quantitative estimate of drug-likeness (QED) is 0.122. The van der Waals surface area contributed by atoms with E-state index in [4.69, 9.17) is 18.9 Å². The Morgan fingerprint density at radius 1 is 0.877 bits per heavy atom. The number of carbonyl (C=O) groups is 3. The van der Waals surface area contributed by atoms with Crippen LogP contribution in [0.15, 0.2) is 103 Å². The molecule has 0 bridgehead atoms. The minimum Gasteiger partial charge on any atom is -0.467 e. The Bertz CT molecular complexity index is 1950. The standard InChI is InChI=1S/C46H55N3O8/c1-30-40(28-49-25-11-16-39(49)43(52)57-46(2,3)4)55-44(56-41(30)34-19-17-32(29-50)18-20-34)35-23-21-33(22-24-35)37-15-10-9-14-36(37)27-47-45(53)48-38(42(51)54-5)26-31-12-7-6-8-13-31/h6-10,12-15,17-24,30,38-41,44,50H,11,16,25-29H2,1-5H3,(H2,47,48,53). The third kappa shape index (κ3) is 10.9. The van der Waals surface area contributed by atoms with Gasteiger partial charge in [0, 0.05) is 31.0 Å². The zero-order valence-corrected chi connectivity index (χ0v) is 33.5. The molecule has 11 nitrogen and oxygen atoms in total. The highest BCUT2D eigenvalue weighted by Crippen LogP contribution is 2.43. The lowest BCUT2D eigenvalue weighted by atomic mass is 9.89. The highest BCUT2D eigenvalue weighted by atomic mass is 16.7. The zero-order chi connectivity index (χ0) is 40.5. The first-order valence-corrected chi connectivity index (χ1v) is 19.7. The van der Waals surface area contributed by atoms with Crippen LogP contribution in [0.5, 0.6) is 0 Å². The summed E-state index contributed by atoms with van der Waals surface area (Å²) in [7, 11) is 1.31. The Labute approximate surface area is 335 Å². The van der Waals surface area contributed by atoms with Gasteiger partial charge in [-0.05, 0) is 73.5 Å². The van der Waals surface area contributed by atoms with Gasteiger partial charge in [-0.2, -0.15) is 0 Å². The van der Waals surface area contributed by atoms with Gasteiger partial charge in [0.1, 0.15) is 17.7 Å². The normalized spacial score (nSPS) is 21.7. The molecule has 4 aromatic carbocycles. The summed E-state index contributed by atoms with van der Waals surface area (Å²) in [6.07, 6.45) is 0.728. The van der Waals surface area contributed by atoms with E-state index >= 15 is 0 Å². The number of hydrogen-bond donors (Lipinski definition) is 3. The van der Waals surface area contributed by atoms with Gasteiger partial charge < -0.3 is 34.7 Å². The minimum atomic E-state index is -0.840. The molecule has 4 aromatic rings. The first-order chi connectivity index (χ1) is 27.4. The molecular weight excluding hydrogens is 723 g/mol. The second kappa shape index (κ2) is 18.9. The molecule has 2 heterocycles. The molecule has 0 radical (unpaired) electrons. The summed E-state index contributed by atoms with van der Waals surface area (Å²) in [5, 5.41) is 15.3. The molecule has 6 unspecified atom stereocenters. The first-order valence-electron chi connectivity index (χ1n) is 19.7. The lowest BCUT2D eigenvalue weighted by Gasteiger charge is -2.43. The number of amides is 2. The fourth-order valence-electron chi connectivity index (χ4n) is 7.59. The van der Waals surface area contributed by atoms with Gasteiger partial charge in [0.05, 0.1) is 25.9 Å². The second-order valence-corrected chi connectivity index (χ2v) is 15.9. The predicted octanol–water partition coefficient (Wildman–Crippen LogP) is 7.03. The van der Waals surface area contributed by atoms with E-state index in [9.17, 15) is 19.5 Å². The molecule has 2 aliphatic rings. The number of esters is 2. The van der Waals surface area contributed by atoms with Crippen molar-refractivity contribution >= 4 is 18.0 Å². The Balaban J connectivity index is 1.17. The number of nitrogens with zero attached hydrogens (tertiary/aromatic N) is 1. The number of aliphatic hydroxyl groups excluding tert-OH is 1. The number of nitrogens with one attached hydrogen (secondary N) is 2. The van der Waals surface area contributed by atoms with E-state index in [0.717, 1.165) is 58.3 Å². The SMILES string of the molecule is COC(=O)C(Cc1ccccc1)NC(=O)NCc1ccccc1-c1ccc(C2OC(CN3CCCC3C(=O)OC(C)(C)C)C(C)C(c3ccc(CO)cc3)O2)cc1. The maximum Gasteiger partial charge on any atom is 0.328 e. The largest absolute Gasteiger partial charge is 0.467 e. The van der Waals surface area contributed by atoms with Crippen molar-refractivity contribution in [2.75, 3.05) is 20.2 Å². The van der Waals surface area contributed by atoms with E-state index in [1.54, 1.807) is 0 Å². The first kappa shape index (κ1) is 41.6. The maximum atomic E-state index is 13.2. The van der Waals surface area contributed by atoms with Crippen LogP contribution in [0.3, 0.4) is 0 Å². The Kier molecular flexibility index (Phi) is 13.8. The van der Waals surface area contributed by atoms with E-state index in [-0.39, 0.29) is 43.3 Å². The van der Waals surface area contributed by atoms with Crippen molar-refractivity contribution in [1.29, 1.82) is 0 Å². The van der Waals surface area contributed by atoms with Crippen LogP contribution in [0.1, 0.15) is 80.7 Å². The summed E-state index contributed by atoms with van der Waals surface area (Å²) < 4.78 is 24.2. The zero-order valence-electron chi connectivity index (χ0n) is 33.5. The van der Waals surface area contributed by atoms with Crippen LogP contribution in [0.4, 0.5) is 4.79 Å². The summed E-state index contributed by atoms with van der Waals surface area (Å²) in [5.41, 5.74) is 5.78. The van der Waals surface area contributed by atoms with E-state index in [2.05, 4.69) is 22.5 Å². The van der Waals surface area contributed by atoms with Gasteiger partial charge in [-0.25, -0.2) is 9.59 Å². The third-order valence-corrected chi connectivity index (χ3v) is 10.6. The number of ether oxygens (including phenoxy) is 4. The molecule has 2 saturated heterocycles. The number of likely N-dealkylation sites (tertiary alicyclic amines) is 1. The molecule has 2 amide bonds. The molecule has 0 spiro atoms. The number of benzene rings is 4. The van der Waals surface area contributed by atoms with Gasteiger partial charge in [-0.3, -0.25) is 9.69 Å². The van der Waals surface area contributed by atoms with Crippen LogP contribution in [-0.4, -0.2) is 72.0 Å². The van der Waals surface area contributed by atoms with Crippen molar-refractivity contribution < 1.29 is 38.4 Å². The molecule has 57 heavy (non-hydrogen) atoms. The van der Waals surface area contributed by atoms with E-state index in [1.165, 1.54) is 7.11 Å². The number of hydrogen-bond acceptors (Lipinski definition) is 9. The van der Waals surface area contributed by atoms with Crippen LogP contribution in [-0.2, 0) is 48.1 Å². The Hall–Kier alpha value is -5.07. The van der Waals surface area contributed by atoms with Crippen molar-refractivity contribution in [3.05, 3.63) is 131 Å². The summed E-state index contributed by atoms with van der Waals surface area (Å²) in [6.45, 7) is 9.32. The summed E-state index contributed by atoms with van der Waals surface area (Å²) in [4.78, 5) is 41.0. The van der Waals surface area contributed by atoms with Crippen molar-refractivity contribution in [3.63, 3.8) is 0 Å². The maximum absolute atomic E-state index is 13.2. The van der Waals surface area contributed by atoms with E-state index in [1.807, 2.05) is 124 Å². The molecule has 0 aromatic heterocycles. The van der Waals surface area contributed by atoms with Crippen LogP contribution >= 0.6 is 0 Å². The van der Waals surface area contributed by atoms with Crippen molar-refractivity contribution in [3.8, 4) is 11.1 Å². The van der Waals surface area contributed by atoms with Gasteiger partial charge in [0.25, 0.3) is 0 Å². The Morgan fingerprint density at radius 3 is 2.25 bits per heavy atom. The highest BCUT2D eigenvalue weighted by Gasteiger charge is 2.42. The fraction of sp³-hybridized carbons (Fsp3) is 0.413. The smallest absolute Gasteiger partial charge is 0.328 e. The molecule has 2 fully saturated rings. The summed E-state index contributed by atoms with van der Waals surface area (Å²) >= 11 is 0. The van der Waals surface area contributed by atoms with Gasteiger partial charge in [-0.1, -0.05) is 110 Å².